The van der Waals surface area contributed by atoms with Gasteiger partial charge < -0.3 is 9.80 Å². The zero-order chi connectivity index (χ0) is 46.5. The number of aryl methyl sites for hydroxylation is 1. The molecule has 0 spiro atoms. The number of nitrogens with zero attached hydrogens (tertiary/aromatic N) is 2. The maximum atomic E-state index is 2.45. The van der Waals surface area contributed by atoms with Gasteiger partial charge in [-0.15, -0.1) is 0 Å². The van der Waals surface area contributed by atoms with Gasteiger partial charge in [-0.05, 0) is 158 Å². The number of benzene rings is 9. The van der Waals surface area contributed by atoms with Crippen LogP contribution in [0.25, 0.3) is 45.5 Å². The molecule has 2 heteroatoms. The smallest absolute Gasteiger partial charge is 0.0465 e. The molecule has 0 N–H and O–H groups in total. The van der Waals surface area contributed by atoms with E-state index in [2.05, 4.69) is 271 Å². The Morgan fingerprint density at radius 2 is 0.588 bits per heavy atom. The van der Waals surface area contributed by atoms with Gasteiger partial charge in [0.2, 0.25) is 0 Å². The van der Waals surface area contributed by atoms with E-state index in [0.717, 1.165) is 17.1 Å². The largest absolute Gasteiger partial charge is 0.310 e. The highest BCUT2D eigenvalue weighted by Gasteiger charge is 2.39. The monoisotopic (exact) mass is 876 g/mol. The Kier molecular flexibility index (Phi) is 9.47. The molecule has 3 aliphatic rings. The lowest BCUT2D eigenvalue weighted by molar-refractivity contribution is 0.659. The van der Waals surface area contributed by atoms with Crippen LogP contribution in [-0.4, -0.2) is 0 Å². The molecule has 9 aromatic carbocycles. The fourth-order valence-corrected chi connectivity index (χ4v) is 11.7. The highest BCUT2D eigenvalue weighted by atomic mass is 15.1. The molecule has 0 bridgehead atoms. The van der Waals surface area contributed by atoms with E-state index in [0.29, 0.717) is 0 Å². The van der Waals surface area contributed by atoms with Crippen LogP contribution in [0.5, 0.6) is 0 Å². The average molecular weight is 877 g/mol. The van der Waals surface area contributed by atoms with E-state index in [9.17, 15) is 0 Å². The Balaban J connectivity index is 0.846. The lowest BCUT2D eigenvalue weighted by Gasteiger charge is -2.29. The summed E-state index contributed by atoms with van der Waals surface area (Å²) < 4.78 is 0. The van der Waals surface area contributed by atoms with Crippen molar-refractivity contribution in [2.75, 3.05) is 9.80 Å². The lowest BCUT2D eigenvalue weighted by Crippen LogP contribution is -2.18. The number of rotatable bonds is 8. The van der Waals surface area contributed by atoms with Crippen molar-refractivity contribution in [2.24, 2.45) is 0 Å². The second kappa shape index (κ2) is 15.4. The van der Waals surface area contributed by atoms with Crippen molar-refractivity contribution in [3.8, 4) is 33.4 Å². The van der Waals surface area contributed by atoms with Crippen LogP contribution in [-0.2, 0) is 16.2 Å². The van der Waals surface area contributed by atoms with E-state index in [1.807, 2.05) is 0 Å². The molecular formula is C66H56N2. The first-order valence-electron chi connectivity index (χ1n) is 24.2. The van der Waals surface area contributed by atoms with Crippen molar-refractivity contribution in [3.63, 3.8) is 0 Å². The average Bonchev–Trinajstić information content (AvgIpc) is 3.83. The molecule has 0 saturated heterocycles. The summed E-state index contributed by atoms with van der Waals surface area (Å²) in [6.45, 7) is 16.4. The third-order valence-electron chi connectivity index (χ3n) is 15.5. The first kappa shape index (κ1) is 41.7. The van der Waals surface area contributed by atoms with Crippen molar-refractivity contribution in [1.29, 1.82) is 0 Å². The van der Waals surface area contributed by atoms with Crippen LogP contribution in [0.4, 0.5) is 34.1 Å². The number of para-hydroxylation sites is 2. The molecule has 2 nitrogen and oxygen atoms in total. The number of hydrogen-bond donors (Lipinski definition) is 0. The number of hydrogen-bond acceptors (Lipinski definition) is 2. The molecule has 0 aromatic heterocycles. The molecule has 0 amide bonds. The van der Waals surface area contributed by atoms with Gasteiger partial charge in [-0.2, -0.15) is 0 Å². The minimum absolute atomic E-state index is 0.0864. The third kappa shape index (κ3) is 6.53. The van der Waals surface area contributed by atoms with E-state index in [-0.39, 0.29) is 16.2 Å². The molecule has 0 radical (unpaired) electrons. The molecule has 330 valence electrons. The van der Waals surface area contributed by atoms with Gasteiger partial charge >= 0.3 is 0 Å². The fourth-order valence-electron chi connectivity index (χ4n) is 11.7. The van der Waals surface area contributed by atoms with E-state index in [1.54, 1.807) is 0 Å². The van der Waals surface area contributed by atoms with Crippen molar-refractivity contribution in [2.45, 2.75) is 64.7 Å². The topological polar surface area (TPSA) is 6.48 Å². The fraction of sp³-hybridized carbons (Fsp3) is 0.152. The van der Waals surface area contributed by atoms with Gasteiger partial charge in [0, 0.05) is 50.4 Å². The second-order valence-corrected chi connectivity index (χ2v) is 20.7. The summed E-state index contributed by atoms with van der Waals surface area (Å²) in [5.41, 5.74) is 26.4. The Labute approximate surface area is 402 Å². The van der Waals surface area contributed by atoms with Crippen LogP contribution >= 0.6 is 0 Å². The van der Waals surface area contributed by atoms with Gasteiger partial charge in [-0.25, -0.2) is 0 Å². The molecule has 0 saturated carbocycles. The zero-order valence-corrected chi connectivity index (χ0v) is 40.1. The first-order valence-corrected chi connectivity index (χ1v) is 24.2. The highest BCUT2D eigenvalue weighted by molar-refractivity contribution is 5.90. The molecule has 0 atom stereocenters. The maximum absolute atomic E-state index is 2.45. The van der Waals surface area contributed by atoms with E-state index in [4.69, 9.17) is 0 Å². The van der Waals surface area contributed by atoms with Crippen LogP contribution in [0.15, 0.2) is 200 Å². The summed E-state index contributed by atoms with van der Waals surface area (Å²) in [4.78, 5) is 4.81. The van der Waals surface area contributed by atoms with Crippen molar-refractivity contribution in [3.05, 3.63) is 250 Å². The van der Waals surface area contributed by atoms with Crippen LogP contribution in [0.3, 0.4) is 0 Å². The molecule has 0 fully saturated rings. The predicted octanol–water partition coefficient (Wildman–Crippen LogP) is 18.0. The van der Waals surface area contributed by atoms with Gasteiger partial charge in [0.15, 0.2) is 0 Å². The van der Waals surface area contributed by atoms with Gasteiger partial charge in [0.1, 0.15) is 0 Å². The SMILES string of the molecule is Cc1ccc(N(c2ccc3c(c2)C(C)(C)c2ccccc2-3)c2ccc3c(c2)C(C)(C)c2cc(C=Cc4ccc5c(c4)C(C)(C)c4cc(N(c6ccccc6)c6ccccc6)ccc4-5)ccc2-3)cc1. The Bertz CT molecular complexity index is 3440. The normalized spacial score (nSPS) is 15.0. The summed E-state index contributed by atoms with van der Waals surface area (Å²) >= 11 is 0. The quantitative estimate of drug-likeness (QED) is 0.140. The van der Waals surface area contributed by atoms with E-state index >= 15 is 0 Å². The predicted molar refractivity (Wildman–Crippen MR) is 289 cm³/mol. The van der Waals surface area contributed by atoms with Crippen molar-refractivity contribution >= 4 is 46.3 Å². The second-order valence-electron chi connectivity index (χ2n) is 20.7. The number of fused-ring (bicyclic) bond motifs is 9. The first-order chi connectivity index (χ1) is 32.9. The van der Waals surface area contributed by atoms with Crippen LogP contribution in [0.1, 0.15) is 91.6 Å². The molecule has 12 rings (SSSR count). The van der Waals surface area contributed by atoms with Gasteiger partial charge in [-0.1, -0.05) is 187 Å². The molecule has 3 aliphatic carbocycles. The summed E-state index contributed by atoms with van der Waals surface area (Å²) in [5.74, 6) is 0. The molecular weight excluding hydrogens is 821 g/mol. The van der Waals surface area contributed by atoms with Gasteiger partial charge in [0.05, 0.1) is 0 Å². The standard InChI is InChI=1S/C66H56N2/c1-43-22-28-48(29-23-43)68(50-31-35-55-52-20-14-15-21-58(52)64(2,3)61(55)41-50)51-32-37-57-54-34-27-45(39-60(54)66(6,7)63(57)42-51)25-24-44-26-33-53-56-36-30-49(40-62(56)65(4,5)59(53)38-44)67(46-16-10-8-11-17-46)47-18-12-9-13-19-47/h8-42H,1-7H3. The van der Waals surface area contributed by atoms with E-state index in [1.165, 1.54) is 101 Å². The zero-order valence-electron chi connectivity index (χ0n) is 40.1. The molecule has 0 aliphatic heterocycles. The summed E-state index contributed by atoms with van der Waals surface area (Å²) in [5, 5.41) is 0. The summed E-state index contributed by atoms with van der Waals surface area (Å²) in [6, 6.07) is 74.5. The maximum Gasteiger partial charge on any atom is 0.0465 e. The molecule has 9 aromatic rings. The minimum Gasteiger partial charge on any atom is -0.310 e. The van der Waals surface area contributed by atoms with Crippen molar-refractivity contribution in [1.82, 2.24) is 0 Å². The minimum atomic E-state index is -0.191. The van der Waals surface area contributed by atoms with Crippen molar-refractivity contribution < 1.29 is 0 Å². The van der Waals surface area contributed by atoms with Gasteiger partial charge in [-0.3, -0.25) is 0 Å². The molecule has 0 unspecified atom stereocenters. The van der Waals surface area contributed by atoms with Gasteiger partial charge in [0.25, 0.3) is 0 Å². The van der Waals surface area contributed by atoms with Crippen LogP contribution in [0, 0.1) is 6.92 Å². The summed E-state index contributed by atoms with van der Waals surface area (Å²) in [7, 11) is 0. The van der Waals surface area contributed by atoms with Crippen LogP contribution < -0.4 is 9.80 Å². The molecule has 68 heavy (non-hydrogen) atoms. The molecule has 0 heterocycles. The van der Waals surface area contributed by atoms with E-state index < -0.39 is 0 Å². The summed E-state index contributed by atoms with van der Waals surface area (Å²) in [6.07, 6.45) is 4.59. The Hall–Kier alpha value is -7.68. The van der Waals surface area contributed by atoms with Crippen LogP contribution in [0.2, 0.25) is 0 Å². The third-order valence-corrected chi connectivity index (χ3v) is 15.5. The Morgan fingerprint density at radius 3 is 1.03 bits per heavy atom. The highest BCUT2D eigenvalue weighted by Crippen LogP contribution is 2.54. The lowest BCUT2D eigenvalue weighted by atomic mass is 9.81. The number of anilines is 6. The Morgan fingerprint density at radius 1 is 0.279 bits per heavy atom.